The molecule has 0 nitrogen and oxygen atoms in total. The van der Waals surface area contributed by atoms with Gasteiger partial charge in [-0.3, -0.25) is 0 Å². The zero-order chi connectivity index (χ0) is 12.5. The predicted molar refractivity (Wildman–Crippen MR) is 61.9 cm³/mol. The number of benzene rings is 1. The number of alkyl halides is 3. The van der Waals surface area contributed by atoms with E-state index in [9.17, 15) is 13.2 Å². The van der Waals surface area contributed by atoms with Gasteiger partial charge < -0.3 is 0 Å². The average molecular weight is 242 g/mol. The SMILES string of the molecule is Cc1ccc([C@H]2CC[C@H](C(F)(F)F)CC2)cc1. The topological polar surface area (TPSA) is 0 Å². The van der Waals surface area contributed by atoms with Gasteiger partial charge in [0, 0.05) is 0 Å². The Bertz CT molecular complexity index is 356. The molecule has 3 heteroatoms. The molecule has 1 aromatic rings. The van der Waals surface area contributed by atoms with E-state index in [1.54, 1.807) is 0 Å². The molecule has 94 valence electrons. The number of rotatable bonds is 1. The molecule has 0 bridgehead atoms. The molecular formula is C14H17F3. The van der Waals surface area contributed by atoms with Crippen LogP contribution in [0.4, 0.5) is 13.2 Å². The van der Waals surface area contributed by atoms with Gasteiger partial charge in [0.05, 0.1) is 5.92 Å². The van der Waals surface area contributed by atoms with Crippen LogP contribution in [0.1, 0.15) is 42.7 Å². The molecule has 17 heavy (non-hydrogen) atoms. The molecule has 0 spiro atoms. The standard InChI is InChI=1S/C14H17F3/c1-10-2-4-11(5-3-10)12-6-8-13(9-7-12)14(15,16)17/h2-5,12-13H,6-9H2,1H3/t12-,13-. The molecule has 0 aromatic heterocycles. The summed E-state index contributed by atoms with van der Waals surface area (Å²) in [5.74, 6) is -0.765. The summed E-state index contributed by atoms with van der Waals surface area (Å²) < 4.78 is 37.6. The van der Waals surface area contributed by atoms with E-state index in [4.69, 9.17) is 0 Å². The molecule has 0 N–H and O–H groups in total. The zero-order valence-electron chi connectivity index (χ0n) is 9.93. The van der Waals surface area contributed by atoms with E-state index in [1.807, 2.05) is 31.2 Å². The number of hydrogen-bond acceptors (Lipinski definition) is 0. The van der Waals surface area contributed by atoms with Crippen LogP contribution in [-0.2, 0) is 0 Å². The molecule has 0 saturated heterocycles. The molecular weight excluding hydrogens is 225 g/mol. The van der Waals surface area contributed by atoms with Crippen molar-refractivity contribution in [1.82, 2.24) is 0 Å². The summed E-state index contributed by atoms with van der Waals surface area (Å²) in [6.45, 7) is 2.02. The van der Waals surface area contributed by atoms with Crippen molar-refractivity contribution in [2.75, 3.05) is 0 Å². The van der Waals surface area contributed by atoms with Gasteiger partial charge in [0.1, 0.15) is 0 Å². The molecule has 0 atom stereocenters. The fraction of sp³-hybridized carbons (Fsp3) is 0.571. The summed E-state index contributed by atoms with van der Waals surface area (Å²) in [4.78, 5) is 0. The van der Waals surface area contributed by atoms with Gasteiger partial charge >= 0.3 is 6.18 Å². The number of halogens is 3. The Labute approximate surface area is 99.8 Å². The first kappa shape index (κ1) is 12.5. The minimum absolute atomic E-state index is 0.280. The van der Waals surface area contributed by atoms with Crippen LogP contribution in [0.25, 0.3) is 0 Å². The van der Waals surface area contributed by atoms with Crippen LogP contribution in [-0.4, -0.2) is 6.18 Å². The van der Waals surface area contributed by atoms with Crippen molar-refractivity contribution in [3.8, 4) is 0 Å². The van der Waals surface area contributed by atoms with E-state index in [0.29, 0.717) is 18.8 Å². The predicted octanol–water partition coefficient (Wildman–Crippen LogP) is 4.83. The van der Waals surface area contributed by atoms with Gasteiger partial charge in [-0.15, -0.1) is 0 Å². The molecule has 1 aliphatic rings. The first-order valence-electron chi connectivity index (χ1n) is 6.10. The van der Waals surface area contributed by atoms with Crippen molar-refractivity contribution in [2.24, 2.45) is 5.92 Å². The molecule has 1 aliphatic carbocycles. The van der Waals surface area contributed by atoms with Gasteiger partial charge in [0.2, 0.25) is 0 Å². The number of aryl methyl sites for hydroxylation is 1. The van der Waals surface area contributed by atoms with Gasteiger partial charge in [-0.1, -0.05) is 29.8 Å². The van der Waals surface area contributed by atoms with Gasteiger partial charge in [0.15, 0.2) is 0 Å². The fourth-order valence-electron chi connectivity index (χ4n) is 2.59. The first-order chi connectivity index (χ1) is 7.97. The van der Waals surface area contributed by atoms with E-state index >= 15 is 0 Å². The maximum atomic E-state index is 12.5. The highest BCUT2D eigenvalue weighted by Crippen LogP contribution is 2.42. The van der Waals surface area contributed by atoms with Crippen molar-refractivity contribution in [3.05, 3.63) is 35.4 Å². The van der Waals surface area contributed by atoms with Crippen molar-refractivity contribution < 1.29 is 13.2 Å². The van der Waals surface area contributed by atoms with Crippen LogP contribution in [0.3, 0.4) is 0 Å². The second-order valence-electron chi connectivity index (χ2n) is 5.00. The quantitative estimate of drug-likeness (QED) is 0.661. The summed E-state index contributed by atoms with van der Waals surface area (Å²) in [7, 11) is 0. The Hall–Kier alpha value is -0.990. The summed E-state index contributed by atoms with van der Waals surface area (Å²) in [5.41, 5.74) is 2.38. The second-order valence-corrected chi connectivity index (χ2v) is 5.00. The zero-order valence-corrected chi connectivity index (χ0v) is 9.93. The Morgan fingerprint density at radius 1 is 0.941 bits per heavy atom. The Morgan fingerprint density at radius 3 is 1.94 bits per heavy atom. The largest absolute Gasteiger partial charge is 0.391 e. The van der Waals surface area contributed by atoms with Crippen LogP contribution in [0.5, 0.6) is 0 Å². The van der Waals surface area contributed by atoms with Gasteiger partial charge in [-0.05, 0) is 44.1 Å². The van der Waals surface area contributed by atoms with E-state index < -0.39 is 12.1 Å². The lowest BCUT2D eigenvalue weighted by atomic mass is 9.78. The van der Waals surface area contributed by atoms with Crippen LogP contribution in [0.15, 0.2) is 24.3 Å². The molecule has 2 rings (SSSR count). The minimum Gasteiger partial charge on any atom is -0.171 e. The van der Waals surface area contributed by atoms with E-state index in [0.717, 1.165) is 0 Å². The van der Waals surface area contributed by atoms with E-state index in [-0.39, 0.29) is 12.8 Å². The highest BCUT2D eigenvalue weighted by atomic mass is 19.4. The third-order valence-corrected chi connectivity index (χ3v) is 3.74. The van der Waals surface area contributed by atoms with Gasteiger partial charge in [-0.2, -0.15) is 13.2 Å². The summed E-state index contributed by atoms with van der Waals surface area (Å²) in [6.07, 6.45) is -2.12. The van der Waals surface area contributed by atoms with Crippen LogP contribution in [0.2, 0.25) is 0 Å². The van der Waals surface area contributed by atoms with Crippen molar-refractivity contribution in [3.63, 3.8) is 0 Å². The molecule has 0 amide bonds. The smallest absolute Gasteiger partial charge is 0.171 e. The number of hydrogen-bond donors (Lipinski definition) is 0. The Balaban J connectivity index is 1.97. The normalized spacial score (nSPS) is 25.9. The maximum Gasteiger partial charge on any atom is 0.391 e. The Morgan fingerprint density at radius 2 is 1.47 bits per heavy atom. The van der Waals surface area contributed by atoms with Crippen molar-refractivity contribution in [1.29, 1.82) is 0 Å². The second kappa shape index (κ2) is 4.71. The highest BCUT2D eigenvalue weighted by molar-refractivity contribution is 5.24. The molecule has 0 heterocycles. The lowest BCUT2D eigenvalue weighted by Crippen LogP contribution is -2.27. The maximum absolute atomic E-state index is 12.5. The van der Waals surface area contributed by atoms with E-state index in [1.165, 1.54) is 11.1 Å². The monoisotopic (exact) mass is 242 g/mol. The lowest BCUT2D eigenvalue weighted by Gasteiger charge is -2.30. The van der Waals surface area contributed by atoms with Crippen LogP contribution >= 0.6 is 0 Å². The van der Waals surface area contributed by atoms with Gasteiger partial charge in [0.25, 0.3) is 0 Å². The van der Waals surface area contributed by atoms with E-state index in [2.05, 4.69) is 0 Å². The molecule has 1 aromatic carbocycles. The lowest BCUT2D eigenvalue weighted by molar-refractivity contribution is -0.182. The molecule has 1 saturated carbocycles. The third kappa shape index (κ3) is 3.02. The third-order valence-electron chi connectivity index (χ3n) is 3.74. The summed E-state index contributed by atoms with van der Waals surface area (Å²) in [6, 6.07) is 8.16. The van der Waals surface area contributed by atoms with Crippen LogP contribution in [0, 0.1) is 12.8 Å². The summed E-state index contributed by atoms with van der Waals surface area (Å²) in [5, 5.41) is 0. The molecule has 0 aliphatic heterocycles. The average Bonchev–Trinajstić information content (AvgIpc) is 2.29. The molecule has 0 unspecified atom stereocenters. The van der Waals surface area contributed by atoms with Gasteiger partial charge in [-0.25, -0.2) is 0 Å². The first-order valence-corrected chi connectivity index (χ1v) is 6.10. The van der Waals surface area contributed by atoms with Crippen molar-refractivity contribution >= 4 is 0 Å². The summed E-state index contributed by atoms with van der Waals surface area (Å²) >= 11 is 0. The highest BCUT2D eigenvalue weighted by Gasteiger charge is 2.41. The fourth-order valence-corrected chi connectivity index (χ4v) is 2.59. The molecule has 1 fully saturated rings. The molecule has 0 radical (unpaired) electrons. The van der Waals surface area contributed by atoms with Crippen LogP contribution < -0.4 is 0 Å². The Kier molecular flexibility index (Phi) is 3.45. The minimum atomic E-state index is -4.00. The van der Waals surface area contributed by atoms with Crippen molar-refractivity contribution in [2.45, 2.75) is 44.7 Å².